The SMILES string of the molecule is CNC1CC(Oc2ccc(OC)cc2)C12CCCCC2. The molecule has 0 radical (unpaired) electrons. The number of hydrogen-bond donors (Lipinski definition) is 1. The van der Waals surface area contributed by atoms with Crippen LogP contribution in [0.2, 0.25) is 0 Å². The van der Waals surface area contributed by atoms with Crippen molar-refractivity contribution in [1.29, 1.82) is 0 Å². The minimum Gasteiger partial charge on any atom is -0.497 e. The Morgan fingerprint density at radius 3 is 2.30 bits per heavy atom. The summed E-state index contributed by atoms with van der Waals surface area (Å²) in [7, 11) is 3.78. The number of benzene rings is 1. The van der Waals surface area contributed by atoms with E-state index in [2.05, 4.69) is 12.4 Å². The van der Waals surface area contributed by atoms with Gasteiger partial charge in [-0.25, -0.2) is 0 Å². The lowest BCUT2D eigenvalue weighted by atomic mass is 9.55. The topological polar surface area (TPSA) is 30.5 Å². The van der Waals surface area contributed by atoms with Crippen molar-refractivity contribution in [3.63, 3.8) is 0 Å². The maximum atomic E-state index is 6.28. The molecule has 2 aliphatic carbocycles. The Morgan fingerprint density at radius 2 is 1.70 bits per heavy atom. The summed E-state index contributed by atoms with van der Waals surface area (Å²) in [6, 6.07) is 8.60. The summed E-state index contributed by atoms with van der Waals surface area (Å²) in [4.78, 5) is 0. The third kappa shape index (κ3) is 2.28. The van der Waals surface area contributed by atoms with Gasteiger partial charge in [-0.1, -0.05) is 19.3 Å². The monoisotopic (exact) mass is 275 g/mol. The number of methoxy groups -OCH3 is 1. The van der Waals surface area contributed by atoms with Gasteiger partial charge in [0, 0.05) is 17.9 Å². The Labute approximate surface area is 121 Å². The second-order valence-corrected chi connectivity index (χ2v) is 6.15. The van der Waals surface area contributed by atoms with E-state index in [1.807, 2.05) is 24.3 Å². The lowest BCUT2D eigenvalue weighted by Crippen LogP contribution is -2.64. The smallest absolute Gasteiger partial charge is 0.120 e. The first kappa shape index (κ1) is 13.7. The summed E-state index contributed by atoms with van der Waals surface area (Å²) in [5.74, 6) is 1.85. The maximum Gasteiger partial charge on any atom is 0.120 e. The molecule has 3 heteroatoms. The predicted molar refractivity (Wildman–Crippen MR) is 80.4 cm³/mol. The van der Waals surface area contributed by atoms with E-state index in [9.17, 15) is 0 Å². The third-order valence-corrected chi connectivity index (χ3v) is 5.26. The van der Waals surface area contributed by atoms with Crippen molar-refractivity contribution in [2.24, 2.45) is 5.41 Å². The minimum absolute atomic E-state index is 0.368. The fraction of sp³-hybridized carbons (Fsp3) is 0.647. The van der Waals surface area contributed by atoms with Crippen LogP contribution in [0.5, 0.6) is 11.5 Å². The van der Waals surface area contributed by atoms with Gasteiger partial charge in [0.25, 0.3) is 0 Å². The fourth-order valence-corrected chi connectivity index (χ4v) is 4.02. The molecule has 0 bridgehead atoms. The van der Waals surface area contributed by atoms with Crippen LogP contribution >= 0.6 is 0 Å². The Hall–Kier alpha value is -1.22. The molecule has 2 aliphatic rings. The van der Waals surface area contributed by atoms with Gasteiger partial charge >= 0.3 is 0 Å². The fourth-order valence-electron chi connectivity index (χ4n) is 4.02. The molecule has 1 aromatic rings. The lowest BCUT2D eigenvalue weighted by molar-refractivity contribution is -0.100. The van der Waals surface area contributed by atoms with Crippen molar-refractivity contribution in [2.45, 2.75) is 50.7 Å². The maximum absolute atomic E-state index is 6.28. The van der Waals surface area contributed by atoms with E-state index >= 15 is 0 Å². The predicted octanol–water partition coefficient (Wildman–Crippen LogP) is 3.38. The molecule has 2 fully saturated rings. The summed E-state index contributed by atoms with van der Waals surface area (Å²) >= 11 is 0. The second-order valence-electron chi connectivity index (χ2n) is 6.15. The molecule has 1 N–H and O–H groups in total. The van der Waals surface area contributed by atoms with E-state index < -0.39 is 0 Å². The molecule has 2 saturated carbocycles. The molecule has 2 unspecified atom stereocenters. The van der Waals surface area contributed by atoms with Gasteiger partial charge in [-0.3, -0.25) is 0 Å². The van der Waals surface area contributed by atoms with E-state index in [0.717, 1.165) is 17.9 Å². The number of rotatable bonds is 4. The van der Waals surface area contributed by atoms with Gasteiger partial charge in [0.15, 0.2) is 0 Å². The Morgan fingerprint density at radius 1 is 1.05 bits per heavy atom. The first-order valence-corrected chi connectivity index (χ1v) is 7.76. The Bertz CT molecular complexity index is 437. The van der Waals surface area contributed by atoms with Crippen molar-refractivity contribution in [3.05, 3.63) is 24.3 Å². The molecule has 3 rings (SSSR count). The molecule has 1 spiro atoms. The quantitative estimate of drug-likeness (QED) is 0.913. The summed E-state index contributed by atoms with van der Waals surface area (Å²) in [5.41, 5.74) is 0.368. The van der Waals surface area contributed by atoms with Crippen LogP contribution in [0.3, 0.4) is 0 Å². The number of ether oxygens (including phenoxy) is 2. The van der Waals surface area contributed by atoms with Gasteiger partial charge in [0.1, 0.15) is 17.6 Å². The zero-order valence-corrected chi connectivity index (χ0v) is 12.5. The van der Waals surface area contributed by atoms with E-state index in [1.54, 1.807) is 7.11 Å². The molecule has 3 nitrogen and oxygen atoms in total. The zero-order chi connectivity index (χ0) is 14.0. The molecule has 0 aromatic heterocycles. The first-order chi connectivity index (χ1) is 9.78. The van der Waals surface area contributed by atoms with Gasteiger partial charge < -0.3 is 14.8 Å². The number of hydrogen-bond acceptors (Lipinski definition) is 3. The average molecular weight is 275 g/mol. The van der Waals surface area contributed by atoms with Gasteiger partial charge in [0.05, 0.1) is 7.11 Å². The van der Waals surface area contributed by atoms with Crippen molar-refractivity contribution in [2.75, 3.05) is 14.2 Å². The van der Waals surface area contributed by atoms with Gasteiger partial charge in [-0.05, 0) is 44.2 Å². The molecule has 0 amide bonds. The molecule has 1 aromatic carbocycles. The van der Waals surface area contributed by atoms with Crippen LogP contribution < -0.4 is 14.8 Å². The summed E-state index contributed by atoms with van der Waals surface area (Å²) in [5, 5.41) is 3.50. The summed E-state index contributed by atoms with van der Waals surface area (Å²) in [6.45, 7) is 0. The third-order valence-electron chi connectivity index (χ3n) is 5.26. The summed E-state index contributed by atoms with van der Waals surface area (Å²) in [6.07, 6.45) is 8.18. The van der Waals surface area contributed by atoms with Crippen LogP contribution in [0.4, 0.5) is 0 Å². The molecule has 110 valence electrons. The second kappa shape index (κ2) is 5.65. The molecule has 20 heavy (non-hydrogen) atoms. The molecule has 2 atom stereocenters. The molecule has 0 heterocycles. The highest BCUT2D eigenvalue weighted by Gasteiger charge is 2.55. The van der Waals surface area contributed by atoms with Crippen molar-refractivity contribution < 1.29 is 9.47 Å². The Kier molecular flexibility index (Phi) is 3.88. The Balaban J connectivity index is 1.70. The van der Waals surface area contributed by atoms with E-state index in [4.69, 9.17) is 9.47 Å². The summed E-state index contributed by atoms with van der Waals surface area (Å²) < 4.78 is 11.5. The van der Waals surface area contributed by atoms with E-state index in [-0.39, 0.29) is 0 Å². The highest BCUT2D eigenvalue weighted by Crippen LogP contribution is 2.53. The van der Waals surface area contributed by atoms with Gasteiger partial charge in [0.2, 0.25) is 0 Å². The average Bonchev–Trinajstić information content (AvgIpc) is 2.52. The highest BCUT2D eigenvalue weighted by atomic mass is 16.5. The van der Waals surface area contributed by atoms with Crippen LogP contribution in [-0.2, 0) is 0 Å². The van der Waals surface area contributed by atoms with Crippen LogP contribution in [0.15, 0.2) is 24.3 Å². The molecular formula is C17H25NO2. The van der Waals surface area contributed by atoms with Gasteiger partial charge in [-0.15, -0.1) is 0 Å². The van der Waals surface area contributed by atoms with Crippen LogP contribution in [0, 0.1) is 5.41 Å². The van der Waals surface area contributed by atoms with Crippen LogP contribution in [0.25, 0.3) is 0 Å². The van der Waals surface area contributed by atoms with Crippen molar-refractivity contribution in [3.8, 4) is 11.5 Å². The highest BCUT2D eigenvalue weighted by molar-refractivity contribution is 5.32. The minimum atomic E-state index is 0.368. The van der Waals surface area contributed by atoms with E-state index in [0.29, 0.717) is 17.6 Å². The standard InChI is InChI=1S/C17H25NO2/c1-18-15-12-16(17(15)10-4-3-5-11-17)20-14-8-6-13(19-2)7-9-14/h6-9,15-16,18H,3-5,10-12H2,1-2H3. The van der Waals surface area contributed by atoms with Gasteiger partial charge in [-0.2, -0.15) is 0 Å². The van der Waals surface area contributed by atoms with Crippen molar-refractivity contribution >= 4 is 0 Å². The molecule has 0 saturated heterocycles. The lowest BCUT2D eigenvalue weighted by Gasteiger charge is -2.57. The molecular weight excluding hydrogens is 250 g/mol. The first-order valence-electron chi connectivity index (χ1n) is 7.76. The zero-order valence-electron chi connectivity index (χ0n) is 12.5. The van der Waals surface area contributed by atoms with Crippen LogP contribution in [-0.4, -0.2) is 26.3 Å². The largest absolute Gasteiger partial charge is 0.497 e. The van der Waals surface area contributed by atoms with Crippen LogP contribution in [0.1, 0.15) is 38.5 Å². The molecule has 0 aliphatic heterocycles. The number of nitrogens with one attached hydrogen (secondary N) is 1. The normalized spacial score (nSPS) is 27.9. The van der Waals surface area contributed by atoms with E-state index in [1.165, 1.54) is 32.1 Å². The van der Waals surface area contributed by atoms with Crippen molar-refractivity contribution in [1.82, 2.24) is 5.32 Å².